The van der Waals surface area contributed by atoms with Gasteiger partial charge in [-0.15, -0.1) is 0 Å². The van der Waals surface area contributed by atoms with E-state index < -0.39 is 0 Å². The third kappa shape index (κ3) is 2.92. The smallest absolute Gasteiger partial charge is 0.251 e. The number of benzene rings is 2. The first-order valence-corrected chi connectivity index (χ1v) is 10.9. The van der Waals surface area contributed by atoms with Gasteiger partial charge in [-0.05, 0) is 78.2 Å². The normalized spacial score (nSPS) is 29.9. The highest BCUT2D eigenvalue weighted by Gasteiger charge is 2.53. The molecule has 0 spiro atoms. The summed E-state index contributed by atoms with van der Waals surface area (Å²) in [7, 11) is 0. The Kier molecular flexibility index (Phi) is 4.41. The number of rotatable bonds is 4. The van der Waals surface area contributed by atoms with Crippen molar-refractivity contribution in [2.45, 2.75) is 45.1 Å². The number of carbonyl (C=O) groups is 1. The Morgan fingerprint density at radius 1 is 1.11 bits per heavy atom. The SMILES string of the molecule is CC(C)CNC(=O)c1ccc2c(c1)[C@@H]1[C@H]3CC[C@@H](C3)[C@H]1[C@@H](c1ccccc1)N2. The quantitative estimate of drug-likeness (QED) is 0.755. The Morgan fingerprint density at radius 2 is 1.89 bits per heavy atom. The van der Waals surface area contributed by atoms with Gasteiger partial charge in [0.15, 0.2) is 0 Å². The minimum Gasteiger partial charge on any atom is -0.378 e. The lowest BCUT2D eigenvalue weighted by Gasteiger charge is -2.43. The van der Waals surface area contributed by atoms with Crippen molar-refractivity contribution in [3.63, 3.8) is 0 Å². The van der Waals surface area contributed by atoms with Crippen LogP contribution in [-0.4, -0.2) is 12.5 Å². The summed E-state index contributed by atoms with van der Waals surface area (Å²) in [4.78, 5) is 12.6. The summed E-state index contributed by atoms with van der Waals surface area (Å²) in [6.07, 6.45) is 4.06. The van der Waals surface area contributed by atoms with Crippen LogP contribution in [0.2, 0.25) is 0 Å². The minimum absolute atomic E-state index is 0.0568. The molecule has 5 rings (SSSR count). The highest BCUT2D eigenvalue weighted by molar-refractivity contribution is 5.95. The molecule has 0 saturated heterocycles. The predicted octanol–water partition coefficient (Wildman–Crippen LogP) is 5.37. The van der Waals surface area contributed by atoms with E-state index in [1.54, 1.807) is 0 Å². The van der Waals surface area contributed by atoms with Gasteiger partial charge in [0.2, 0.25) is 0 Å². The second kappa shape index (κ2) is 6.95. The molecular formula is C25H30N2O. The highest BCUT2D eigenvalue weighted by atomic mass is 16.1. The van der Waals surface area contributed by atoms with E-state index in [9.17, 15) is 4.79 Å². The molecule has 5 atom stereocenters. The molecule has 1 heterocycles. The maximum Gasteiger partial charge on any atom is 0.251 e. The van der Waals surface area contributed by atoms with Crippen LogP contribution in [-0.2, 0) is 0 Å². The monoisotopic (exact) mass is 374 g/mol. The summed E-state index contributed by atoms with van der Waals surface area (Å²) in [6, 6.07) is 17.6. The van der Waals surface area contributed by atoms with Gasteiger partial charge in [-0.1, -0.05) is 44.2 Å². The van der Waals surface area contributed by atoms with Crippen molar-refractivity contribution < 1.29 is 4.79 Å². The van der Waals surface area contributed by atoms with Crippen LogP contribution in [0.25, 0.3) is 0 Å². The van der Waals surface area contributed by atoms with Crippen molar-refractivity contribution in [3.8, 4) is 0 Å². The van der Waals surface area contributed by atoms with Crippen LogP contribution < -0.4 is 10.6 Å². The summed E-state index contributed by atoms with van der Waals surface area (Å²) in [6.45, 7) is 4.97. The fourth-order valence-corrected chi connectivity index (χ4v) is 6.02. The first-order valence-electron chi connectivity index (χ1n) is 10.9. The lowest BCUT2D eigenvalue weighted by atomic mass is 9.68. The second-order valence-electron chi connectivity index (χ2n) is 9.37. The average molecular weight is 375 g/mol. The number of nitrogens with one attached hydrogen (secondary N) is 2. The Morgan fingerprint density at radius 3 is 2.68 bits per heavy atom. The van der Waals surface area contributed by atoms with E-state index in [4.69, 9.17) is 0 Å². The van der Waals surface area contributed by atoms with Crippen LogP contribution in [0.5, 0.6) is 0 Å². The van der Waals surface area contributed by atoms with E-state index in [1.807, 2.05) is 6.07 Å². The molecule has 2 bridgehead atoms. The first kappa shape index (κ1) is 17.8. The van der Waals surface area contributed by atoms with Crippen LogP contribution in [0, 0.1) is 23.7 Å². The summed E-state index contributed by atoms with van der Waals surface area (Å²) >= 11 is 0. The van der Waals surface area contributed by atoms with Gasteiger partial charge in [-0.2, -0.15) is 0 Å². The zero-order valence-corrected chi connectivity index (χ0v) is 16.8. The Hall–Kier alpha value is -2.29. The lowest BCUT2D eigenvalue weighted by Crippen LogP contribution is -2.36. The second-order valence-corrected chi connectivity index (χ2v) is 9.37. The van der Waals surface area contributed by atoms with Crippen molar-refractivity contribution in [2.24, 2.45) is 23.7 Å². The molecule has 2 aromatic rings. The number of carbonyl (C=O) groups excluding carboxylic acids is 1. The van der Waals surface area contributed by atoms with Gasteiger partial charge in [0.25, 0.3) is 5.91 Å². The van der Waals surface area contributed by atoms with Crippen molar-refractivity contribution in [2.75, 3.05) is 11.9 Å². The van der Waals surface area contributed by atoms with Crippen molar-refractivity contribution in [3.05, 3.63) is 65.2 Å². The highest BCUT2D eigenvalue weighted by Crippen LogP contribution is 2.63. The van der Waals surface area contributed by atoms with Gasteiger partial charge in [0.1, 0.15) is 0 Å². The van der Waals surface area contributed by atoms with Crippen LogP contribution >= 0.6 is 0 Å². The Balaban J connectivity index is 1.50. The zero-order valence-electron chi connectivity index (χ0n) is 16.8. The Bertz CT molecular complexity index is 875. The summed E-state index contributed by atoms with van der Waals surface area (Å²) in [5.41, 5.74) is 4.81. The van der Waals surface area contributed by atoms with Gasteiger partial charge in [-0.3, -0.25) is 4.79 Å². The molecule has 3 heteroatoms. The fraction of sp³-hybridized carbons (Fsp3) is 0.480. The molecule has 0 radical (unpaired) electrons. The minimum atomic E-state index is 0.0568. The number of hydrogen-bond acceptors (Lipinski definition) is 2. The molecule has 2 aliphatic carbocycles. The van der Waals surface area contributed by atoms with E-state index >= 15 is 0 Å². The molecule has 1 amide bonds. The van der Waals surface area contributed by atoms with Gasteiger partial charge >= 0.3 is 0 Å². The summed E-state index contributed by atoms with van der Waals surface area (Å²) in [5, 5.41) is 6.93. The zero-order chi connectivity index (χ0) is 19.3. The van der Waals surface area contributed by atoms with Crippen molar-refractivity contribution in [1.82, 2.24) is 5.32 Å². The van der Waals surface area contributed by atoms with Crippen LogP contribution in [0.1, 0.15) is 66.6 Å². The number of fused-ring (bicyclic) bond motifs is 7. The van der Waals surface area contributed by atoms with Crippen LogP contribution in [0.3, 0.4) is 0 Å². The maximum atomic E-state index is 12.6. The van der Waals surface area contributed by atoms with Crippen LogP contribution in [0.15, 0.2) is 48.5 Å². The van der Waals surface area contributed by atoms with Crippen LogP contribution in [0.4, 0.5) is 5.69 Å². The molecule has 0 unspecified atom stereocenters. The summed E-state index contributed by atoms with van der Waals surface area (Å²) in [5.74, 6) is 3.32. The van der Waals surface area contributed by atoms with E-state index in [0.29, 0.717) is 23.8 Å². The van der Waals surface area contributed by atoms with Crippen molar-refractivity contribution in [1.29, 1.82) is 0 Å². The van der Waals surface area contributed by atoms with E-state index in [0.717, 1.165) is 23.9 Å². The molecule has 2 aromatic carbocycles. The molecule has 28 heavy (non-hydrogen) atoms. The van der Waals surface area contributed by atoms with Gasteiger partial charge in [0, 0.05) is 17.8 Å². The topological polar surface area (TPSA) is 41.1 Å². The average Bonchev–Trinajstić information content (AvgIpc) is 3.34. The third-order valence-electron chi connectivity index (χ3n) is 7.18. The molecule has 1 aliphatic heterocycles. The van der Waals surface area contributed by atoms with Gasteiger partial charge in [0.05, 0.1) is 6.04 Å². The lowest BCUT2D eigenvalue weighted by molar-refractivity contribution is 0.0948. The van der Waals surface area contributed by atoms with E-state index in [-0.39, 0.29) is 5.91 Å². The summed E-state index contributed by atoms with van der Waals surface area (Å²) < 4.78 is 0. The number of amides is 1. The number of hydrogen-bond donors (Lipinski definition) is 2. The fourth-order valence-electron chi connectivity index (χ4n) is 6.02. The molecule has 3 aliphatic rings. The third-order valence-corrected chi connectivity index (χ3v) is 7.18. The molecule has 0 aromatic heterocycles. The number of anilines is 1. The van der Waals surface area contributed by atoms with E-state index in [2.05, 4.69) is 66.9 Å². The largest absolute Gasteiger partial charge is 0.378 e. The molecule has 146 valence electrons. The van der Waals surface area contributed by atoms with Gasteiger partial charge < -0.3 is 10.6 Å². The molecule has 2 fully saturated rings. The molecule has 2 saturated carbocycles. The molecule has 2 N–H and O–H groups in total. The maximum absolute atomic E-state index is 12.6. The van der Waals surface area contributed by atoms with E-state index in [1.165, 1.54) is 36.1 Å². The predicted molar refractivity (Wildman–Crippen MR) is 113 cm³/mol. The standard InChI is InChI=1S/C25H30N2O/c1-15(2)14-26-25(28)19-10-11-21-20(13-19)22-17-8-9-18(12-17)23(22)24(27-21)16-6-4-3-5-7-16/h3-7,10-11,13,15,17-18,22-24,27H,8-9,12,14H2,1-2H3,(H,26,28)/t17-,18-,22-,23+,24+/m0/s1. The van der Waals surface area contributed by atoms with Gasteiger partial charge in [-0.25, -0.2) is 0 Å². The molecular weight excluding hydrogens is 344 g/mol. The first-order chi connectivity index (χ1) is 13.6. The van der Waals surface area contributed by atoms with Crippen molar-refractivity contribution >= 4 is 11.6 Å². The molecule has 3 nitrogen and oxygen atoms in total. The Labute approximate surface area is 167 Å².